The van der Waals surface area contributed by atoms with Gasteiger partial charge in [-0.2, -0.15) is 11.8 Å². The third kappa shape index (κ3) is 4.76. The van der Waals surface area contributed by atoms with Crippen LogP contribution in [0.3, 0.4) is 0 Å². The first-order valence-electron chi connectivity index (χ1n) is 5.79. The molecule has 0 spiro atoms. The molecule has 1 aromatic carbocycles. The van der Waals surface area contributed by atoms with E-state index < -0.39 is 4.92 Å². The van der Waals surface area contributed by atoms with E-state index in [4.69, 9.17) is 0 Å². The number of non-ortho nitro benzene ring substituents is 1. The zero-order valence-corrected chi connectivity index (χ0v) is 13.2. The number of rotatable bonds is 7. The maximum atomic E-state index is 10.6. The van der Waals surface area contributed by atoms with E-state index in [-0.39, 0.29) is 23.6 Å². The smallest absolute Gasteiger partial charge is 0.270 e. The number of nitro benzene ring substituents is 1. The van der Waals surface area contributed by atoms with Crippen molar-refractivity contribution in [3.05, 3.63) is 38.3 Å². The second kappa shape index (κ2) is 7.84. The van der Waals surface area contributed by atoms with Crippen LogP contribution < -0.4 is 5.32 Å². The molecule has 0 aromatic heterocycles. The normalized spacial score (nSPS) is 14.1. The SMILES string of the molecule is CSC(CO)C(C)NCc1ccc([N+](=O)[O-])cc1Br. The van der Waals surface area contributed by atoms with Crippen LogP contribution in [0.1, 0.15) is 12.5 Å². The Labute approximate surface area is 125 Å². The third-order valence-electron chi connectivity index (χ3n) is 2.90. The predicted octanol–water partition coefficient (Wildman–Crippen LogP) is 2.56. The minimum Gasteiger partial charge on any atom is -0.395 e. The number of hydrogen-bond acceptors (Lipinski definition) is 5. The molecule has 0 amide bonds. The lowest BCUT2D eigenvalue weighted by atomic mass is 10.2. The summed E-state index contributed by atoms with van der Waals surface area (Å²) in [6.45, 7) is 2.73. The minimum absolute atomic E-state index is 0.0704. The molecule has 1 rings (SSSR count). The summed E-state index contributed by atoms with van der Waals surface area (Å²) in [5.41, 5.74) is 1.02. The average Bonchev–Trinajstić information content (AvgIpc) is 2.38. The van der Waals surface area contributed by atoms with Crippen LogP contribution in [0, 0.1) is 10.1 Å². The highest BCUT2D eigenvalue weighted by Gasteiger charge is 2.15. The van der Waals surface area contributed by atoms with Crippen LogP contribution in [-0.2, 0) is 6.54 Å². The summed E-state index contributed by atoms with van der Waals surface area (Å²) in [5, 5.41) is 23.3. The van der Waals surface area contributed by atoms with Gasteiger partial charge in [-0.15, -0.1) is 0 Å². The molecule has 0 aliphatic rings. The molecule has 0 aliphatic heterocycles. The topological polar surface area (TPSA) is 75.4 Å². The zero-order valence-electron chi connectivity index (χ0n) is 10.8. The van der Waals surface area contributed by atoms with Crippen LogP contribution in [0.2, 0.25) is 0 Å². The molecule has 2 atom stereocenters. The van der Waals surface area contributed by atoms with Crippen molar-refractivity contribution in [1.82, 2.24) is 5.32 Å². The molecule has 0 radical (unpaired) electrons. The predicted molar refractivity (Wildman–Crippen MR) is 81.5 cm³/mol. The van der Waals surface area contributed by atoms with Crippen LogP contribution >= 0.6 is 27.7 Å². The molecule has 2 unspecified atom stereocenters. The molecule has 0 heterocycles. The number of halogens is 1. The molecule has 0 bridgehead atoms. The van der Waals surface area contributed by atoms with Crippen LogP contribution in [0.15, 0.2) is 22.7 Å². The van der Waals surface area contributed by atoms with Crippen molar-refractivity contribution in [3.63, 3.8) is 0 Å². The largest absolute Gasteiger partial charge is 0.395 e. The second-order valence-corrected chi connectivity index (χ2v) is 6.09. The fourth-order valence-corrected chi connectivity index (χ4v) is 2.79. The van der Waals surface area contributed by atoms with Gasteiger partial charge in [0.2, 0.25) is 0 Å². The van der Waals surface area contributed by atoms with Gasteiger partial charge < -0.3 is 10.4 Å². The Morgan fingerprint density at radius 3 is 2.74 bits per heavy atom. The van der Waals surface area contributed by atoms with Gasteiger partial charge >= 0.3 is 0 Å². The maximum Gasteiger partial charge on any atom is 0.270 e. The van der Waals surface area contributed by atoms with Gasteiger partial charge in [-0.25, -0.2) is 0 Å². The fourth-order valence-electron chi connectivity index (χ4n) is 1.63. The van der Waals surface area contributed by atoms with E-state index in [0.717, 1.165) is 5.56 Å². The second-order valence-electron chi connectivity index (χ2n) is 4.16. The maximum absolute atomic E-state index is 10.6. The average molecular weight is 349 g/mol. The first-order valence-corrected chi connectivity index (χ1v) is 7.87. The molecule has 106 valence electrons. The van der Waals surface area contributed by atoms with Crippen molar-refractivity contribution < 1.29 is 10.0 Å². The lowest BCUT2D eigenvalue weighted by Crippen LogP contribution is -2.37. The molecule has 7 heteroatoms. The van der Waals surface area contributed by atoms with E-state index in [9.17, 15) is 15.2 Å². The van der Waals surface area contributed by atoms with E-state index in [1.165, 1.54) is 12.1 Å². The Balaban J connectivity index is 2.65. The Morgan fingerprint density at radius 1 is 1.58 bits per heavy atom. The number of nitrogens with one attached hydrogen (secondary N) is 1. The van der Waals surface area contributed by atoms with Crippen LogP contribution in [0.4, 0.5) is 5.69 Å². The summed E-state index contributed by atoms with van der Waals surface area (Å²) in [7, 11) is 0. The van der Waals surface area contributed by atoms with Gasteiger partial charge in [0.1, 0.15) is 0 Å². The summed E-state index contributed by atoms with van der Waals surface area (Å²) in [4.78, 5) is 10.2. The zero-order chi connectivity index (χ0) is 14.4. The van der Waals surface area contributed by atoms with Crippen LogP contribution in [-0.4, -0.2) is 34.2 Å². The number of aliphatic hydroxyl groups excluding tert-OH is 1. The highest BCUT2D eigenvalue weighted by molar-refractivity contribution is 9.10. The molecule has 5 nitrogen and oxygen atoms in total. The molecule has 1 aromatic rings. The van der Waals surface area contributed by atoms with Crippen molar-refractivity contribution in [2.75, 3.05) is 12.9 Å². The van der Waals surface area contributed by atoms with E-state index in [1.807, 2.05) is 13.2 Å². The number of hydrogen-bond donors (Lipinski definition) is 2. The molecule has 0 saturated heterocycles. The number of nitrogens with zero attached hydrogens (tertiary/aromatic N) is 1. The summed E-state index contributed by atoms with van der Waals surface area (Å²) in [5.74, 6) is 0. The third-order valence-corrected chi connectivity index (χ3v) is 4.80. The first kappa shape index (κ1) is 16.4. The van der Waals surface area contributed by atoms with E-state index >= 15 is 0 Å². The summed E-state index contributed by atoms with van der Waals surface area (Å²) < 4.78 is 0.714. The first-order chi connectivity index (χ1) is 8.99. The Bertz CT molecular complexity index is 441. The van der Waals surface area contributed by atoms with Crippen molar-refractivity contribution in [1.29, 1.82) is 0 Å². The molecule has 19 heavy (non-hydrogen) atoms. The summed E-state index contributed by atoms with van der Waals surface area (Å²) >= 11 is 4.95. The number of thioether (sulfide) groups is 1. The highest BCUT2D eigenvalue weighted by atomic mass is 79.9. The molecule has 0 fully saturated rings. The molecule has 0 saturated carbocycles. The number of benzene rings is 1. The number of aliphatic hydroxyl groups is 1. The molecule has 0 aliphatic carbocycles. The monoisotopic (exact) mass is 348 g/mol. The van der Waals surface area contributed by atoms with Crippen molar-refractivity contribution >= 4 is 33.4 Å². The quantitative estimate of drug-likeness (QED) is 0.585. The van der Waals surface area contributed by atoms with Crippen molar-refractivity contribution in [2.45, 2.75) is 24.8 Å². The van der Waals surface area contributed by atoms with Crippen LogP contribution in [0.25, 0.3) is 0 Å². The van der Waals surface area contributed by atoms with E-state index in [0.29, 0.717) is 11.0 Å². The van der Waals surface area contributed by atoms with Gasteiger partial charge in [-0.3, -0.25) is 10.1 Å². The van der Waals surface area contributed by atoms with Gasteiger partial charge in [-0.05, 0) is 24.8 Å². The Hall–Kier alpha value is -0.630. The van der Waals surface area contributed by atoms with Gasteiger partial charge in [0.15, 0.2) is 0 Å². The molecular formula is C12H17BrN2O3S. The van der Waals surface area contributed by atoms with E-state index in [2.05, 4.69) is 21.2 Å². The standard InChI is InChI=1S/C12H17BrN2O3S/c1-8(12(7-16)19-2)14-6-9-3-4-10(15(17)18)5-11(9)13/h3-5,8,12,14,16H,6-7H2,1-2H3. The van der Waals surface area contributed by atoms with Gasteiger partial charge in [0, 0.05) is 34.4 Å². The lowest BCUT2D eigenvalue weighted by Gasteiger charge is -2.21. The van der Waals surface area contributed by atoms with Gasteiger partial charge in [0.05, 0.1) is 11.5 Å². The van der Waals surface area contributed by atoms with Crippen molar-refractivity contribution in [2.24, 2.45) is 0 Å². The summed E-state index contributed by atoms with van der Waals surface area (Å²) in [6.07, 6.45) is 1.96. The lowest BCUT2D eigenvalue weighted by molar-refractivity contribution is -0.384. The number of nitro groups is 1. The minimum atomic E-state index is -0.417. The molecule has 2 N–H and O–H groups in total. The van der Waals surface area contributed by atoms with Crippen molar-refractivity contribution in [3.8, 4) is 0 Å². The Morgan fingerprint density at radius 2 is 2.26 bits per heavy atom. The van der Waals surface area contributed by atoms with Gasteiger partial charge in [0.25, 0.3) is 5.69 Å². The van der Waals surface area contributed by atoms with E-state index in [1.54, 1.807) is 17.8 Å². The highest BCUT2D eigenvalue weighted by Crippen LogP contribution is 2.23. The van der Waals surface area contributed by atoms with Gasteiger partial charge in [-0.1, -0.05) is 15.9 Å². The molecular weight excluding hydrogens is 332 g/mol. The Kier molecular flexibility index (Phi) is 6.78. The van der Waals surface area contributed by atoms with Crippen LogP contribution in [0.5, 0.6) is 0 Å². The fraction of sp³-hybridized carbons (Fsp3) is 0.500. The summed E-state index contributed by atoms with van der Waals surface area (Å²) in [6, 6.07) is 4.88.